The summed E-state index contributed by atoms with van der Waals surface area (Å²) in [7, 11) is 0. The van der Waals surface area contributed by atoms with E-state index in [0.717, 1.165) is 18.8 Å². The van der Waals surface area contributed by atoms with E-state index in [1.54, 1.807) is 12.1 Å². The lowest BCUT2D eigenvalue weighted by molar-refractivity contribution is -0.120. The van der Waals surface area contributed by atoms with Gasteiger partial charge < -0.3 is 10.6 Å². The maximum atomic E-state index is 13.6. The van der Waals surface area contributed by atoms with Crippen LogP contribution in [0.2, 0.25) is 5.02 Å². The molecule has 3 nitrogen and oxygen atoms in total. The molecule has 1 aromatic rings. The highest BCUT2D eigenvalue weighted by molar-refractivity contribution is 6.30. The number of nitrogens with one attached hydrogen (secondary N) is 2. The number of carbonyl (C=O) groups is 1. The Morgan fingerprint density at radius 3 is 2.89 bits per heavy atom. The lowest BCUT2D eigenvalue weighted by atomic mass is 9.82. The van der Waals surface area contributed by atoms with Crippen LogP contribution in [0, 0.1) is 11.7 Å². The molecule has 1 aliphatic carbocycles. The van der Waals surface area contributed by atoms with Crippen LogP contribution in [-0.4, -0.2) is 18.5 Å². The fourth-order valence-electron chi connectivity index (χ4n) is 2.25. The predicted molar refractivity (Wildman–Crippen MR) is 73.4 cm³/mol. The van der Waals surface area contributed by atoms with Gasteiger partial charge >= 0.3 is 0 Å². The summed E-state index contributed by atoms with van der Waals surface area (Å²) in [6.45, 7) is 2.63. The Morgan fingerprint density at radius 1 is 1.47 bits per heavy atom. The zero-order chi connectivity index (χ0) is 13.8. The molecule has 0 bridgehead atoms. The van der Waals surface area contributed by atoms with E-state index in [1.807, 2.05) is 0 Å². The van der Waals surface area contributed by atoms with Gasteiger partial charge in [-0.2, -0.15) is 0 Å². The fraction of sp³-hybridized carbons (Fsp3) is 0.500. The van der Waals surface area contributed by atoms with E-state index in [9.17, 15) is 9.18 Å². The minimum absolute atomic E-state index is 0.0772. The van der Waals surface area contributed by atoms with Crippen molar-refractivity contribution in [3.63, 3.8) is 0 Å². The van der Waals surface area contributed by atoms with Crippen LogP contribution in [0.25, 0.3) is 0 Å². The highest BCUT2D eigenvalue weighted by Gasteiger charge is 2.24. The number of benzene rings is 1. The van der Waals surface area contributed by atoms with E-state index in [0.29, 0.717) is 11.6 Å². The van der Waals surface area contributed by atoms with Crippen LogP contribution in [0.3, 0.4) is 0 Å². The molecule has 0 unspecified atom stereocenters. The van der Waals surface area contributed by atoms with Crippen LogP contribution in [0.1, 0.15) is 25.3 Å². The molecular formula is C14H18ClFN2O. The van der Waals surface area contributed by atoms with Gasteiger partial charge in [-0.25, -0.2) is 4.39 Å². The molecule has 0 aliphatic heterocycles. The minimum Gasteiger partial charge on any atom is -0.351 e. The van der Waals surface area contributed by atoms with Crippen LogP contribution >= 0.6 is 11.6 Å². The minimum atomic E-state index is -0.467. The quantitative estimate of drug-likeness (QED) is 0.872. The van der Waals surface area contributed by atoms with Crippen molar-refractivity contribution in [1.29, 1.82) is 0 Å². The van der Waals surface area contributed by atoms with Crippen molar-refractivity contribution in [2.45, 2.75) is 32.4 Å². The van der Waals surface area contributed by atoms with Crippen molar-refractivity contribution in [3.05, 3.63) is 34.6 Å². The molecule has 2 rings (SSSR count). The average molecular weight is 285 g/mol. The summed E-state index contributed by atoms with van der Waals surface area (Å²) in [6, 6.07) is 5.22. The first kappa shape index (κ1) is 14.3. The lowest BCUT2D eigenvalue weighted by Crippen LogP contribution is -2.44. The van der Waals surface area contributed by atoms with Crippen LogP contribution in [0.5, 0.6) is 0 Å². The SMILES string of the molecule is CC1CC(NCC(=O)NCc2cccc(Cl)c2F)C1. The normalized spacial score (nSPS) is 21.8. The van der Waals surface area contributed by atoms with Crippen molar-refractivity contribution >= 4 is 17.5 Å². The Hall–Kier alpha value is -1.13. The summed E-state index contributed by atoms with van der Waals surface area (Å²) in [5.74, 6) is 0.158. The standard InChI is InChI=1S/C14H18ClFN2O/c1-9-5-11(6-9)17-8-13(19)18-7-10-3-2-4-12(15)14(10)16/h2-4,9,11,17H,5-8H2,1H3,(H,18,19). The number of carbonyl (C=O) groups excluding carboxylic acids is 1. The van der Waals surface area contributed by atoms with Gasteiger partial charge in [0.05, 0.1) is 11.6 Å². The molecule has 2 N–H and O–H groups in total. The first-order valence-corrected chi connectivity index (χ1v) is 6.87. The van der Waals surface area contributed by atoms with E-state index in [-0.39, 0.29) is 24.0 Å². The van der Waals surface area contributed by atoms with Gasteiger partial charge in [0.25, 0.3) is 0 Å². The van der Waals surface area contributed by atoms with Gasteiger partial charge in [-0.15, -0.1) is 0 Å². The van der Waals surface area contributed by atoms with E-state index < -0.39 is 5.82 Å². The first-order chi connectivity index (χ1) is 9.06. The molecule has 1 amide bonds. The Bertz CT molecular complexity index is 461. The molecule has 1 fully saturated rings. The molecule has 1 saturated carbocycles. The Kier molecular flexibility index (Phi) is 4.77. The topological polar surface area (TPSA) is 41.1 Å². The van der Waals surface area contributed by atoms with Gasteiger partial charge in [-0.05, 0) is 24.8 Å². The first-order valence-electron chi connectivity index (χ1n) is 6.49. The van der Waals surface area contributed by atoms with E-state index >= 15 is 0 Å². The second-order valence-electron chi connectivity index (χ2n) is 5.14. The van der Waals surface area contributed by atoms with Crippen molar-refractivity contribution in [2.24, 2.45) is 5.92 Å². The largest absolute Gasteiger partial charge is 0.351 e. The molecule has 5 heteroatoms. The van der Waals surface area contributed by atoms with Crippen molar-refractivity contribution in [3.8, 4) is 0 Å². The maximum Gasteiger partial charge on any atom is 0.234 e. The smallest absolute Gasteiger partial charge is 0.234 e. The predicted octanol–water partition coefficient (Wildman–Crippen LogP) is 2.48. The zero-order valence-electron chi connectivity index (χ0n) is 10.9. The van der Waals surface area contributed by atoms with E-state index in [2.05, 4.69) is 17.6 Å². The number of rotatable bonds is 5. The summed E-state index contributed by atoms with van der Waals surface area (Å²) in [4.78, 5) is 11.6. The number of halogens is 2. The van der Waals surface area contributed by atoms with Crippen LogP contribution < -0.4 is 10.6 Å². The average Bonchev–Trinajstić information content (AvgIpc) is 2.35. The Labute approximate surface area is 117 Å². The molecule has 1 aliphatic rings. The Morgan fingerprint density at radius 2 is 2.21 bits per heavy atom. The number of amides is 1. The third kappa shape index (κ3) is 3.91. The third-order valence-electron chi connectivity index (χ3n) is 3.43. The van der Waals surface area contributed by atoms with Gasteiger partial charge in [0.1, 0.15) is 5.82 Å². The number of hydrogen-bond acceptors (Lipinski definition) is 2. The zero-order valence-corrected chi connectivity index (χ0v) is 11.6. The van der Waals surface area contributed by atoms with Gasteiger partial charge in [-0.1, -0.05) is 30.7 Å². The molecule has 0 spiro atoms. The molecule has 0 heterocycles. The van der Waals surface area contributed by atoms with Gasteiger partial charge in [0.2, 0.25) is 5.91 Å². The second-order valence-corrected chi connectivity index (χ2v) is 5.55. The second kappa shape index (κ2) is 6.35. The molecule has 0 radical (unpaired) electrons. The molecule has 0 atom stereocenters. The van der Waals surface area contributed by atoms with Gasteiger partial charge in [0, 0.05) is 18.2 Å². The van der Waals surface area contributed by atoms with Gasteiger partial charge in [0.15, 0.2) is 0 Å². The molecular weight excluding hydrogens is 267 g/mol. The molecule has 1 aromatic carbocycles. The fourth-order valence-corrected chi connectivity index (χ4v) is 2.44. The van der Waals surface area contributed by atoms with Crippen LogP contribution in [-0.2, 0) is 11.3 Å². The van der Waals surface area contributed by atoms with E-state index in [4.69, 9.17) is 11.6 Å². The van der Waals surface area contributed by atoms with Crippen molar-refractivity contribution in [1.82, 2.24) is 10.6 Å². The Balaban J connectivity index is 1.72. The van der Waals surface area contributed by atoms with Crippen molar-refractivity contribution in [2.75, 3.05) is 6.54 Å². The van der Waals surface area contributed by atoms with E-state index in [1.165, 1.54) is 6.07 Å². The summed E-state index contributed by atoms with van der Waals surface area (Å²) >= 11 is 5.67. The third-order valence-corrected chi connectivity index (χ3v) is 3.72. The highest BCUT2D eigenvalue weighted by Crippen LogP contribution is 2.25. The summed E-state index contributed by atoms with van der Waals surface area (Å²) in [6.07, 6.45) is 2.24. The summed E-state index contributed by atoms with van der Waals surface area (Å²) in [5.41, 5.74) is 0.401. The maximum absolute atomic E-state index is 13.6. The monoisotopic (exact) mass is 284 g/mol. The van der Waals surface area contributed by atoms with Gasteiger partial charge in [-0.3, -0.25) is 4.79 Å². The lowest BCUT2D eigenvalue weighted by Gasteiger charge is -2.33. The summed E-state index contributed by atoms with van der Waals surface area (Å²) < 4.78 is 13.6. The highest BCUT2D eigenvalue weighted by atomic mass is 35.5. The summed E-state index contributed by atoms with van der Waals surface area (Å²) in [5, 5.41) is 5.94. The molecule has 0 aromatic heterocycles. The number of hydrogen-bond donors (Lipinski definition) is 2. The van der Waals surface area contributed by atoms with Crippen LogP contribution in [0.15, 0.2) is 18.2 Å². The molecule has 104 valence electrons. The van der Waals surface area contributed by atoms with Crippen LogP contribution in [0.4, 0.5) is 4.39 Å². The molecule has 0 saturated heterocycles. The molecule has 19 heavy (non-hydrogen) atoms. The van der Waals surface area contributed by atoms with Crippen molar-refractivity contribution < 1.29 is 9.18 Å².